The number of rotatable bonds is 11. The predicted molar refractivity (Wildman–Crippen MR) is 257 cm³/mol. The highest BCUT2D eigenvalue weighted by Gasteiger charge is 2.35. The molecule has 0 aromatic heterocycles. The van der Waals surface area contributed by atoms with Crippen LogP contribution in [0.2, 0.25) is 39.3 Å². The van der Waals surface area contributed by atoms with E-state index >= 15 is 0 Å². The molecule has 286 valence electrons. The zero-order valence-corrected chi connectivity index (χ0v) is 38.5. The van der Waals surface area contributed by atoms with Crippen LogP contribution in [0.25, 0.3) is 11.1 Å². The minimum atomic E-state index is -1.79. The van der Waals surface area contributed by atoms with Crippen LogP contribution >= 0.6 is 15.8 Å². The molecule has 56 heavy (non-hydrogen) atoms. The lowest BCUT2D eigenvalue weighted by atomic mass is 9.77. The number of hydrogen-bond donors (Lipinski definition) is 0. The van der Waals surface area contributed by atoms with Gasteiger partial charge in [-0.2, -0.15) is 0 Å². The average Bonchev–Trinajstić information content (AvgIpc) is 3.22. The van der Waals surface area contributed by atoms with Crippen molar-refractivity contribution in [2.45, 2.75) is 103 Å². The van der Waals surface area contributed by atoms with Crippen LogP contribution in [0.5, 0.6) is 0 Å². The summed E-state index contributed by atoms with van der Waals surface area (Å²) in [5.74, 6) is 0. The summed E-state index contributed by atoms with van der Waals surface area (Å²) in [5.41, 5.74) is 13.5. The van der Waals surface area contributed by atoms with Gasteiger partial charge in [0.25, 0.3) is 0 Å². The SMILES string of the molecule is C[Si](C)(C)c1cc2c(c(-c3c4c(cc([Si](C)(C)C)c3CP(c3ccccc3)c3ccccc3)CCCC4)c1CP(c1ccccc1)c1ccccc1)CCCC2. The van der Waals surface area contributed by atoms with E-state index < -0.39 is 32.0 Å². The molecule has 8 rings (SSSR count). The molecule has 0 nitrogen and oxygen atoms in total. The van der Waals surface area contributed by atoms with Crippen molar-refractivity contribution in [1.29, 1.82) is 0 Å². The monoisotopic (exact) mass is 802 g/mol. The van der Waals surface area contributed by atoms with Crippen LogP contribution in [-0.4, -0.2) is 16.1 Å². The molecule has 0 amide bonds. The van der Waals surface area contributed by atoms with Gasteiger partial charge in [0, 0.05) is 12.3 Å². The summed E-state index contributed by atoms with van der Waals surface area (Å²) in [6, 6.07) is 51.7. The first-order chi connectivity index (χ1) is 27.1. The first-order valence-corrected chi connectivity index (χ1v) is 31.2. The molecule has 0 bridgehead atoms. The number of hydrogen-bond acceptors (Lipinski definition) is 0. The number of benzene rings is 6. The van der Waals surface area contributed by atoms with Gasteiger partial charge in [-0.15, -0.1) is 0 Å². The van der Waals surface area contributed by atoms with E-state index in [2.05, 4.69) is 173 Å². The van der Waals surface area contributed by atoms with Crippen molar-refractivity contribution < 1.29 is 0 Å². The quantitative estimate of drug-likeness (QED) is 0.0904. The Morgan fingerprint density at radius 3 is 0.964 bits per heavy atom. The van der Waals surface area contributed by atoms with Crippen LogP contribution in [0.4, 0.5) is 0 Å². The normalized spacial score (nSPS) is 14.5. The molecule has 0 saturated carbocycles. The fraction of sp³-hybridized carbons (Fsp3) is 0.308. The summed E-state index contributed by atoms with van der Waals surface area (Å²) >= 11 is 0. The molecule has 0 spiro atoms. The van der Waals surface area contributed by atoms with E-state index in [0.717, 1.165) is 12.3 Å². The van der Waals surface area contributed by atoms with Crippen molar-refractivity contribution in [1.82, 2.24) is 0 Å². The molecule has 0 fully saturated rings. The molecule has 6 aromatic rings. The molecule has 0 heterocycles. The molecular formula is C52H60P2Si2. The molecule has 2 aliphatic rings. The maximum Gasteiger partial charge on any atom is 0.0780 e. The van der Waals surface area contributed by atoms with Crippen molar-refractivity contribution in [3.05, 3.63) is 167 Å². The molecule has 4 heteroatoms. The lowest BCUT2D eigenvalue weighted by Gasteiger charge is -2.36. The molecule has 6 aromatic carbocycles. The first-order valence-electron chi connectivity index (χ1n) is 21.2. The van der Waals surface area contributed by atoms with Gasteiger partial charge in [0.05, 0.1) is 16.1 Å². The van der Waals surface area contributed by atoms with Gasteiger partial charge >= 0.3 is 0 Å². The maximum absolute atomic E-state index is 2.76. The molecule has 0 radical (unpaired) electrons. The second-order valence-corrected chi connectivity index (χ2v) is 32.7. The van der Waals surface area contributed by atoms with Crippen molar-refractivity contribution in [2.75, 3.05) is 0 Å². The first kappa shape index (κ1) is 39.4. The zero-order chi connectivity index (χ0) is 38.9. The Morgan fingerprint density at radius 1 is 0.393 bits per heavy atom. The van der Waals surface area contributed by atoms with Crippen LogP contribution in [0, 0.1) is 0 Å². The molecule has 0 N–H and O–H groups in total. The van der Waals surface area contributed by atoms with E-state index in [1.807, 2.05) is 0 Å². The van der Waals surface area contributed by atoms with E-state index in [4.69, 9.17) is 0 Å². The largest absolute Gasteiger partial charge is 0.0780 e. The summed E-state index contributed by atoms with van der Waals surface area (Å²) in [6.07, 6.45) is 12.3. The van der Waals surface area contributed by atoms with Gasteiger partial charge in [-0.3, -0.25) is 0 Å². The summed E-state index contributed by atoms with van der Waals surface area (Å²) < 4.78 is 0. The summed E-state index contributed by atoms with van der Waals surface area (Å²) in [5, 5.41) is 9.41. The van der Waals surface area contributed by atoms with Crippen LogP contribution in [0.3, 0.4) is 0 Å². The van der Waals surface area contributed by atoms with Gasteiger partial charge < -0.3 is 0 Å². The number of aryl methyl sites for hydroxylation is 2. The lowest BCUT2D eigenvalue weighted by Crippen LogP contribution is -2.43. The van der Waals surface area contributed by atoms with Gasteiger partial charge in [-0.05, 0) is 133 Å². The third-order valence-electron chi connectivity index (χ3n) is 12.3. The molecular weight excluding hydrogens is 743 g/mol. The summed E-state index contributed by atoms with van der Waals surface area (Å²) in [6.45, 7) is 15.7. The van der Waals surface area contributed by atoms with Gasteiger partial charge in [-0.25, -0.2) is 0 Å². The van der Waals surface area contributed by atoms with Gasteiger partial charge in [0.15, 0.2) is 0 Å². The maximum atomic E-state index is 2.76. The van der Waals surface area contributed by atoms with Crippen molar-refractivity contribution in [3.63, 3.8) is 0 Å². The van der Waals surface area contributed by atoms with E-state index in [1.54, 1.807) is 54.9 Å². The fourth-order valence-corrected chi connectivity index (χ4v) is 18.1. The highest BCUT2D eigenvalue weighted by molar-refractivity contribution is 7.72. The average molecular weight is 803 g/mol. The van der Waals surface area contributed by atoms with Crippen LogP contribution in [-0.2, 0) is 38.0 Å². The zero-order valence-electron chi connectivity index (χ0n) is 34.7. The third-order valence-corrected chi connectivity index (χ3v) is 21.4. The smallest absolute Gasteiger partial charge is 0.0656 e. The van der Waals surface area contributed by atoms with E-state index in [9.17, 15) is 0 Å². The Hall–Kier alpha value is -3.39. The minimum absolute atomic E-state index is 0.615. The van der Waals surface area contributed by atoms with E-state index in [1.165, 1.54) is 72.6 Å². The highest BCUT2D eigenvalue weighted by atomic mass is 31.1. The molecule has 0 saturated heterocycles. The van der Waals surface area contributed by atoms with Crippen LogP contribution in [0.1, 0.15) is 59.1 Å². The molecule has 2 aliphatic carbocycles. The Kier molecular flexibility index (Phi) is 11.9. The third kappa shape index (κ3) is 8.29. The van der Waals surface area contributed by atoms with Gasteiger partial charge in [0.1, 0.15) is 0 Å². The molecule has 0 unspecified atom stereocenters. The topological polar surface area (TPSA) is 0 Å². The fourth-order valence-electron chi connectivity index (χ4n) is 9.58. The summed E-state index contributed by atoms with van der Waals surface area (Å²) in [7, 11) is -4.81. The van der Waals surface area contributed by atoms with Crippen molar-refractivity contribution in [3.8, 4) is 11.1 Å². The van der Waals surface area contributed by atoms with Gasteiger partial charge in [0.2, 0.25) is 0 Å². The van der Waals surface area contributed by atoms with Crippen molar-refractivity contribution >= 4 is 63.6 Å². The lowest BCUT2D eigenvalue weighted by molar-refractivity contribution is 0.681. The molecule has 0 aliphatic heterocycles. The second kappa shape index (κ2) is 16.8. The number of fused-ring (bicyclic) bond motifs is 2. The van der Waals surface area contributed by atoms with Gasteiger partial charge in [-0.1, -0.05) is 183 Å². The van der Waals surface area contributed by atoms with Crippen LogP contribution in [0.15, 0.2) is 133 Å². The van der Waals surface area contributed by atoms with E-state index in [-0.39, 0.29) is 0 Å². The predicted octanol–water partition coefficient (Wildman–Crippen LogP) is 11.5. The van der Waals surface area contributed by atoms with Crippen molar-refractivity contribution in [2.24, 2.45) is 0 Å². The standard InChI is InChI=1S/C52H60P2Si2/c1-55(2,3)49-35-39-23-19-21-33-45(39)51(47(49)37-53(41-25-11-7-12-26-41)42-27-13-8-14-28-42)52-46-34-22-20-24-40(46)36-50(56(4,5)6)48(52)38-54(43-29-15-9-16-30-43)44-31-17-10-18-32-44/h7-18,25-32,35-36H,19-24,33-34,37-38H2,1-6H3. The molecule has 0 atom stereocenters. The van der Waals surface area contributed by atoms with Crippen LogP contribution < -0.4 is 31.6 Å². The minimum Gasteiger partial charge on any atom is -0.0656 e. The van der Waals surface area contributed by atoms with E-state index in [0.29, 0.717) is 0 Å². The summed E-state index contributed by atoms with van der Waals surface area (Å²) in [4.78, 5) is 0. The second-order valence-electron chi connectivity index (χ2n) is 18.3. The Balaban J connectivity index is 1.48. The Labute approximate surface area is 342 Å². The highest BCUT2D eigenvalue weighted by Crippen LogP contribution is 2.49. The Morgan fingerprint density at radius 2 is 0.679 bits per heavy atom. The Bertz CT molecular complexity index is 2030.